The smallest absolute Gasteiger partial charge is 0.132 e. The zero-order valence-corrected chi connectivity index (χ0v) is 11.0. The molecule has 17 heavy (non-hydrogen) atoms. The van der Waals surface area contributed by atoms with Crippen molar-refractivity contribution >= 4 is 5.82 Å². The van der Waals surface area contributed by atoms with Crippen molar-refractivity contribution < 1.29 is 0 Å². The molecule has 0 bridgehead atoms. The third-order valence-electron chi connectivity index (χ3n) is 3.58. The molecule has 0 amide bonds. The second-order valence-corrected chi connectivity index (χ2v) is 5.32. The summed E-state index contributed by atoms with van der Waals surface area (Å²) >= 11 is 0. The molecule has 1 aliphatic heterocycles. The van der Waals surface area contributed by atoms with Gasteiger partial charge in [-0.2, -0.15) is 0 Å². The standard InChI is InChI=1S/C13H22N4/c1-4-11-15-10(2)7-12(16-11)17-6-5-13(3,8-14)9-17/h7H,4-6,8-9,14H2,1-3H3. The predicted octanol–water partition coefficient (Wildman–Crippen LogP) is 1.52. The van der Waals surface area contributed by atoms with Gasteiger partial charge in [0.1, 0.15) is 11.6 Å². The largest absolute Gasteiger partial charge is 0.356 e. The lowest BCUT2D eigenvalue weighted by Crippen LogP contribution is -2.31. The number of anilines is 1. The first-order valence-corrected chi connectivity index (χ1v) is 6.36. The Morgan fingerprint density at radius 3 is 2.82 bits per heavy atom. The average Bonchev–Trinajstić information content (AvgIpc) is 2.72. The molecule has 0 spiro atoms. The first-order chi connectivity index (χ1) is 8.06. The summed E-state index contributed by atoms with van der Waals surface area (Å²) in [5.41, 5.74) is 7.13. The van der Waals surface area contributed by atoms with Crippen LogP contribution in [0.1, 0.15) is 31.8 Å². The highest BCUT2D eigenvalue weighted by Gasteiger charge is 2.33. The number of hydrogen-bond donors (Lipinski definition) is 1. The lowest BCUT2D eigenvalue weighted by Gasteiger charge is -2.23. The molecule has 2 N–H and O–H groups in total. The molecule has 0 radical (unpaired) electrons. The Balaban J connectivity index is 2.21. The van der Waals surface area contributed by atoms with Crippen LogP contribution in [0.5, 0.6) is 0 Å². The Hall–Kier alpha value is -1.16. The van der Waals surface area contributed by atoms with E-state index in [0.29, 0.717) is 0 Å². The van der Waals surface area contributed by atoms with Crippen LogP contribution in [-0.2, 0) is 6.42 Å². The summed E-state index contributed by atoms with van der Waals surface area (Å²) in [4.78, 5) is 11.4. The maximum absolute atomic E-state index is 5.83. The van der Waals surface area contributed by atoms with Gasteiger partial charge < -0.3 is 10.6 Å². The highest BCUT2D eigenvalue weighted by atomic mass is 15.2. The van der Waals surface area contributed by atoms with Crippen LogP contribution in [0.2, 0.25) is 0 Å². The van der Waals surface area contributed by atoms with Crippen LogP contribution in [0.15, 0.2) is 6.07 Å². The van der Waals surface area contributed by atoms with Crippen molar-refractivity contribution in [2.75, 3.05) is 24.5 Å². The number of hydrogen-bond acceptors (Lipinski definition) is 4. The number of rotatable bonds is 3. The molecule has 1 aliphatic rings. The molecule has 2 rings (SSSR count). The fourth-order valence-corrected chi connectivity index (χ4v) is 2.32. The number of aryl methyl sites for hydroxylation is 2. The van der Waals surface area contributed by atoms with Gasteiger partial charge in [-0.25, -0.2) is 9.97 Å². The fourth-order valence-electron chi connectivity index (χ4n) is 2.32. The molecule has 0 aromatic carbocycles. The Morgan fingerprint density at radius 1 is 1.47 bits per heavy atom. The lowest BCUT2D eigenvalue weighted by molar-refractivity contribution is 0.383. The van der Waals surface area contributed by atoms with E-state index in [0.717, 1.165) is 49.8 Å². The molecule has 2 heterocycles. The summed E-state index contributed by atoms with van der Waals surface area (Å²) in [6, 6.07) is 2.07. The summed E-state index contributed by atoms with van der Waals surface area (Å²) in [6.07, 6.45) is 2.03. The number of nitrogens with zero attached hydrogens (tertiary/aromatic N) is 3. The molecular formula is C13H22N4. The van der Waals surface area contributed by atoms with E-state index >= 15 is 0 Å². The van der Waals surface area contributed by atoms with Crippen LogP contribution < -0.4 is 10.6 Å². The SMILES string of the molecule is CCc1nc(C)cc(N2CCC(C)(CN)C2)n1. The number of nitrogens with two attached hydrogens (primary N) is 1. The summed E-state index contributed by atoms with van der Waals surface area (Å²) in [6.45, 7) is 9.17. The van der Waals surface area contributed by atoms with Gasteiger partial charge in [-0.3, -0.25) is 0 Å². The molecule has 0 saturated carbocycles. The van der Waals surface area contributed by atoms with E-state index in [1.807, 2.05) is 6.92 Å². The van der Waals surface area contributed by atoms with E-state index in [1.165, 1.54) is 0 Å². The molecule has 94 valence electrons. The molecule has 4 nitrogen and oxygen atoms in total. The first kappa shape index (κ1) is 12.3. The summed E-state index contributed by atoms with van der Waals surface area (Å²) < 4.78 is 0. The van der Waals surface area contributed by atoms with Gasteiger partial charge >= 0.3 is 0 Å². The summed E-state index contributed by atoms with van der Waals surface area (Å²) in [7, 11) is 0. The zero-order valence-electron chi connectivity index (χ0n) is 11.0. The second kappa shape index (κ2) is 4.61. The molecule has 1 fully saturated rings. The molecule has 1 saturated heterocycles. The van der Waals surface area contributed by atoms with Gasteiger partial charge in [-0.15, -0.1) is 0 Å². The van der Waals surface area contributed by atoms with Crippen LogP contribution in [0.25, 0.3) is 0 Å². The Kier molecular flexibility index (Phi) is 3.33. The molecule has 1 aromatic heterocycles. The highest BCUT2D eigenvalue weighted by molar-refractivity contribution is 5.41. The van der Waals surface area contributed by atoms with Gasteiger partial charge in [-0.1, -0.05) is 13.8 Å². The van der Waals surface area contributed by atoms with E-state index in [2.05, 4.69) is 34.8 Å². The Labute approximate surface area is 103 Å². The molecule has 1 unspecified atom stereocenters. The topological polar surface area (TPSA) is 55.0 Å². The van der Waals surface area contributed by atoms with Crippen molar-refractivity contribution in [2.24, 2.45) is 11.1 Å². The zero-order chi connectivity index (χ0) is 12.5. The van der Waals surface area contributed by atoms with Crippen molar-refractivity contribution in [3.05, 3.63) is 17.6 Å². The van der Waals surface area contributed by atoms with Crippen LogP contribution >= 0.6 is 0 Å². The molecule has 1 atom stereocenters. The predicted molar refractivity (Wildman–Crippen MR) is 70.1 cm³/mol. The maximum Gasteiger partial charge on any atom is 0.132 e. The third kappa shape index (κ3) is 2.57. The van der Waals surface area contributed by atoms with Gasteiger partial charge in [0.25, 0.3) is 0 Å². The summed E-state index contributed by atoms with van der Waals surface area (Å²) in [5, 5.41) is 0. The molecular weight excluding hydrogens is 212 g/mol. The highest BCUT2D eigenvalue weighted by Crippen LogP contribution is 2.31. The quantitative estimate of drug-likeness (QED) is 0.861. The first-order valence-electron chi connectivity index (χ1n) is 6.36. The van der Waals surface area contributed by atoms with E-state index in [-0.39, 0.29) is 5.41 Å². The minimum atomic E-state index is 0.241. The van der Waals surface area contributed by atoms with Crippen molar-refractivity contribution in [2.45, 2.75) is 33.6 Å². The number of aromatic nitrogens is 2. The molecule has 0 aliphatic carbocycles. The Bertz CT molecular complexity index is 404. The molecule has 1 aromatic rings. The maximum atomic E-state index is 5.83. The van der Waals surface area contributed by atoms with Crippen molar-refractivity contribution in [1.82, 2.24) is 9.97 Å². The fraction of sp³-hybridized carbons (Fsp3) is 0.692. The van der Waals surface area contributed by atoms with E-state index < -0.39 is 0 Å². The lowest BCUT2D eigenvalue weighted by atomic mass is 9.90. The van der Waals surface area contributed by atoms with E-state index in [9.17, 15) is 0 Å². The van der Waals surface area contributed by atoms with Gasteiger partial charge in [-0.05, 0) is 25.3 Å². The normalized spacial score (nSPS) is 24.4. The molecule has 4 heteroatoms. The third-order valence-corrected chi connectivity index (χ3v) is 3.58. The van der Waals surface area contributed by atoms with Crippen molar-refractivity contribution in [3.8, 4) is 0 Å². The monoisotopic (exact) mass is 234 g/mol. The van der Waals surface area contributed by atoms with Crippen LogP contribution in [0.4, 0.5) is 5.82 Å². The summed E-state index contributed by atoms with van der Waals surface area (Å²) in [5.74, 6) is 1.99. The van der Waals surface area contributed by atoms with Crippen LogP contribution in [0, 0.1) is 12.3 Å². The van der Waals surface area contributed by atoms with Crippen molar-refractivity contribution in [1.29, 1.82) is 0 Å². The van der Waals surface area contributed by atoms with E-state index in [1.54, 1.807) is 0 Å². The minimum Gasteiger partial charge on any atom is -0.356 e. The van der Waals surface area contributed by atoms with Gasteiger partial charge in [0.15, 0.2) is 0 Å². The van der Waals surface area contributed by atoms with Crippen LogP contribution in [0.3, 0.4) is 0 Å². The second-order valence-electron chi connectivity index (χ2n) is 5.32. The van der Waals surface area contributed by atoms with Gasteiger partial charge in [0.2, 0.25) is 0 Å². The van der Waals surface area contributed by atoms with Gasteiger partial charge in [0.05, 0.1) is 0 Å². The van der Waals surface area contributed by atoms with Crippen molar-refractivity contribution in [3.63, 3.8) is 0 Å². The van der Waals surface area contributed by atoms with Gasteiger partial charge in [0, 0.05) is 31.3 Å². The Morgan fingerprint density at radius 2 is 2.24 bits per heavy atom. The van der Waals surface area contributed by atoms with E-state index in [4.69, 9.17) is 5.73 Å². The van der Waals surface area contributed by atoms with Crippen LogP contribution in [-0.4, -0.2) is 29.6 Å². The minimum absolute atomic E-state index is 0.241. The average molecular weight is 234 g/mol.